The molecule has 2 rings (SSSR count). The highest BCUT2D eigenvalue weighted by Crippen LogP contribution is 2.38. The predicted octanol–water partition coefficient (Wildman–Crippen LogP) is 3.06. The quantitative estimate of drug-likeness (QED) is 0.596. The maximum atomic E-state index is 12.1. The predicted molar refractivity (Wildman–Crippen MR) is 106 cm³/mol. The molecule has 0 aliphatic rings. The first-order valence-corrected chi connectivity index (χ1v) is 8.91. The number of carbonyl (C=O) groups excluding carboxylic acids is 1. The van der Waals surface area contributed by atoms with E-state index in [2.05, 4.69) is 5.32 Å². The molecular formula is C21H27NO6. The molecule has 1 N–H and O–H groups in total. The number of methoxy groups -OCH3 is 4. The third kappa shape index (κ3) is 5.79. The molecular weight excluding hydrogens is 362 g/mol. The van der Waals surface area contributed by atoms with E-state index in [1.165, 1.54) is 0 Å². The topological polar surface area (TPSA) is 75.3 Å². The fourth-order valence-corrected chi connectivity index (χ4v) is 2.63. The van der Waals surface area contributed by atoms with E-state index in [9.17, 15) is 4.79 Å². The number of hydrogen-bond donors (Lipinski definition) is 1. The van der Waals surface area contributed by atoms with Crippen LogP contribution in [0.4, 0.5) is 0 Å². The molecule has 0 aliphatic carbocycles. The van der Waals surface area contributed by atoms with Gasteiger partial charge in [-0.1, -0.05) is 0 Å². The van der Waals surface area contributed by atoms with Crippen LogP contribution >= 0.6 is 0 Å². The first-order chi connectivity index (χ1) is 13.6. The molecule has 2 aromatic rings. The Morgan fingerprint density at radius 3 is 2.07 bits per heavy atom. The Morgan fingerprint density at radius 2 is 1.54 bits per heavy atom. The van der Waals surface area contributed by atoms with Gasteiger partial charge in [0.1, 0.15) is 5.75 Å². The Balaban J connectivity index is 1.74. The molecule has 7 nitrogen and oxygen atoms in total. The van der Waals surface area contributed by atoms with Gasteiger partial charge in [0.05, 0.1) is 35.0 Å². The molecule has 0 unspecified atom stereocenters. The van der Waals surface area contributed by atoms with E-state index in [1.807, 2.05) is 12.1 Å². The molecule has 2 aromatic carbocycles. The zero-order valence-corrected chi connectivity index (χ0v) is 16.7. The van der Waals surface area contributed by atoms with Gasteiger partial charge in [0.2, 0.25) is 5.75 Å². The molecule has 0 heterocycles. The average molecular weight is 389 g/mol. The van der Waals surface area contributed by atoms with Gasteiger partial charge in [0, 0.05) is 18.7 Å². The highest BCUT2D eigenvalue weighted by molar-refractivity contribution is 5.94. The molecule has 0 atom stereocenters. The molecule has 7 heteroatoms. The summed E-state index contributed by atoms with van der Waals surface area (Å²) in [6.07, 6.45) is 0.701. The Labute approximate surface area is 165 Å². The van der Waals surface area contributed by atoms with Crippen LogP contribution in [0.2, 0.25) is 0 Å². The highest BCUT2D eigenvalue weighted by Gasteiger charge is 2.13. The maximum absolute atomic E-state index is 12.1. The summed E-state index contributed by atoms with van der Waals surface area (Å²) in [5.41, 5.74) is 1.51. The molecule has 0 bridgehead atoms. The number of amides is 1. The standard InChI is InChI=1S/C21H27NO6/c1-24-17-8-6-16(7-9-17)21(23)22-10-5-11-28-14-15-12-18(25-2)20(27-4)19(13-15)26-3/h6-9,12-13H,5,10-11,14H2,1-4H3,(H,22,23). The van der Waals surface area contributed by atoms with Crippen LogP contribution in [0.25, 0.3) is 0 Å². The summed E-state index contributed by atoms with van der Waals surface area (Å²) in [5, 5.41) is 2.87. The van der Waals surface area contributed by atoms with E-state index >= 15 is 0 Å². The van der Waals surface area contributed by atoms with Gasteiger partial charge in [-0.2, -0.15) is 0 Å². The van der Waals surface area contributed by atoms with Crippen molar-refractivity contribution in [2.75, 3.05) is 41.6 Å². The molecule has 0 saturated heterocycles. The lowest BCUT2D eigenvalue weighted by atomic mass is 10.2. The van der Waals surface area contributed by atoms with E-state index < -0.39 is 0 Å². The molecule has 0 spiro atoms. The van der Waals surface area contributed by atoms with Gasteiger partial charge in [0.15, 0.2) is 11.5 Å². The minimum Gasteiger partial charge on any atom is -0.497 e. The molecule has 152 valence electrons. The number of hydrogen-bond acceptors (Lipinski definition) is 6. The first kappa shape index (κ1) is 21.4. The van der Waals surface area contributed by atoms with Crippen LogP contribution in [-0.2, 0) is 11.3 Å². The summed E-state index contributed by atoms with van der Waals surface area (Å²) < 4.78 is 26.7. The monoisotopic (exact) mass is 389 g/mol. The zero-order valence-electron chi connectivity index (χ0n) is 16.7. The fourth-order valence-electron chi connectivity index (χ4n) is 2.63. The lowest BCUT2D eigenvalue weighted by Crippen LogP contribution is -2.25. The third-order valence-electron chi connectivity index (χ3n) is 4.10. The van der Waals surface area contributed by atoms with Crippen molar-refractivity contribution in [2.24, 2.45) is 0 Å². The summed E-state index contributed by atoms with van der Waals surface area (Å²) in [6, 6.07) is 10.7. The van der Waals surface area contributed by atoms with Gasteiger partial charge >= 0.3 is 0 Å². The second kappa shape index (κ2) is 11.0. The van der Waals surface area contributed by atoms with Crippen molar-refractivity contribution in [3.05, 3.63) is 47.5 Å². The summed E-state index contributed by atoms with van der Waals surface area (Å²) >= 11 is 0. The normalized spacial score (nSPS) is 10.3. The second-order valence-corrected chi connectivity index (χ2v) is 5.92. The number of carbonyl (C=O) groups is 1. The largest absolute Gasteiger partial charge is 0.497 e. The summed E-state index contributed by atoms with van der Waals surface area (Å²) in [6.45, 7) is 1.45. The SMILES string of the molecule is COc1ccc(C(=O)NCCCOCc2cc(OC)c(OC)c(OC)c2)cc1. The molecule has 0 aliphatic heterocycles. The van der Waals surface area contributed by atoms with E-state index in [-0.39, 0.29) is 5.91 Å². The van der Waals surface area contributed by atoms with E-state index in [0.717, 1.165) is 11.3 Å². The van der Waals surface area contributed by atoms with E-state index in [1.54, 1.807) is 52.7 Å². The van der Waals surface area contributed by atoms with Crippen LogP contribution in [0, 0.1) is 0 Å². The van der Waals surface area contributed by atoms with Crippen LogP contribution in [0.5, 0.6) is 23.0 Å². The molecule has 28 heavy (non-hydrogen) atoms. The van der Waals surface area contributed by atoms with Crippen molar-refractivity contribution in [3.63, 3.8) is 0 Å². The maximum Gasteiger partial charge on any atom is 0.251 e. The fraction of sp³-hybridized carbons (Fsp3) is 0.381. The smallest absolute Gasteiger partial charge is 0.251 e. The molecule has 0 saturated carbocycles. The number of ether oxygens (including phenoxy) is 5. The van der Waals surface area contributed by atoms with Crippen LogP contribution < -0.4 is 24.3 Å². The summed E-state index contributed by atoms with van der Waals surface area (Å²) in [5.74, 6) is 2.33. The highest BCUT2D eigenvalue weighted by atomic mass is 16.5. The Bertz CT molecular complexity index is 735. The molecule has 1 amide bonds. The number of rotatable bonds is 11. The Hall–Kier alpha value is -2.93. The molecule has 0 fully saturated rings. The van der Waals surface area contributed by atoms with Gasteiger partial charge < -0.3 is 29.0 Å². The van der Waals surface area contributed by atoms with Crippen LogP contribution in [0.1, 0.15) is 22.3 Å². The minimum absolute atomic E-state index is 0.118. The third-order valence-corrected chi connectivity index (χ3v) is 4.10. The van der Waals surface area contributed by atoms with Crippen LogP contribution in [0.3, 0.4) is 0 Å². The van der Waals surface area contributed by atoms with Crippen molar-refractivity contribution in [2.45, 2.75) is 13.0 Å². The van der Waals surface area contributed by atoms with E-state index in [4.69, 9.17) is 23.7 Å². The van der Waals surface area contributed by atoms with Gasteiger partial charge in [-0.05, 0) is 48.4 Å². The van der Waals surface area contributed by atoms with Crippen molar-refractivity contribution >= 4 is 5.91 Å². The van der Waals surface area contributed by atoms with Crippen molar-refractivity contribution < 1.29 is 28.5 Å². The lowest BCUT2D eigenvalue weighted by molar-refractivity contribution is 0.0934. The summed E-state index contributed by atoms with van der Waals surface area (Å²) in [4.78, 5) is 12.1. The van der Waals surface area contributed by atoms with Crippen molar-refractivity contribution in [1.29, 1.82) is 0 Å². The van der Waals surface area contributed by atoms with Gasteiger partial charge in [0.25, 0.3) is 5.91 Å². The van der Waals surface area contributed by atoms with E-state index in [0.29, 0.717) is 49.0 Å². The van der Waals surface area contributed by atoms with Gasteiger partial charge in [-0.25, -0.2) is 0 Å². The van der Waals surface area contributed by atoms with Gasteiger partial charge in [-0.15, -0.1) is 0 Å². The Kier molecular flexibility index (Phi) is 8.42. The van der Waals surface area contributed by atoms with Gasteiger partial charge in [-0.3, -0.25) is 4.79 Å². The Morgan fingerprint density at radius 1 is 0.893 bits per heavy atom. The number of nitrogens with one attached hydrogen (secondary N) is 1. The zero-order chi connectivity index (χ0) is 20.4. The molecule has 0 radical (unpaired) electrons. The second-order valence-electron chi connectivity index (χ2n) is 5.92. The number of benzene rings is 2. The van der Waals surface area contributed by atoms with Crippen molar-refractivity contribution in [1.82, 2.24) is 5.32 Å². The summed E-state index contributed by atoms with van der Waals surface area (Å²) in [7, 11) is 6.31. The lowest BCUT2D eigenvalue weighted by Gasteiger charge is -2.14. The minimum atomic E-state index is -0.118. The average Bonchev–Trinajstić information content (AvgIpc) is 2.75. The van der Waals surface area contributed by atoms with Crippen LogP contribution in [-0.4, -0.2) is 47.5 Å². The van der Waals surface area contributed by atoms with Crippen LogP contribution in [0.15, 0.2) is 36.4 Å². The molecule has 0 aromatic heterocycles. The first-order valence-electron chi connectivity index (χ1n) is 8.91. The van der Waals surface area contributed by atoms with Crippen molar-refractivity contribution in [3.8, 4) is 23.0 Å².